The maximum Gasteiger partial charge on any atom is 0.410 e. The molecule has 2 aromatic carbocycles. The van der Waals surface area contributed by atoms with Crippen LogP contribution < -0.4 is 0 Å². The fourth-order valence-electron chi connectivity index (χ4n) is 4.26. The monoisotopic (exact) mass is 836 g/mol. The molecule has 1 atom stereocenters. The van der Waals surface area contributed by atoms with Gasteiger partial charge in [-0.05, 0) is 125 Å². The fourth-order valence-corrected chi connectivity index (χ4v) is 5.15. The number of rotatable bonds is 1. The summed E-state index contributed by atoms with van der Waals surface area (Å²) in [4.78, 5) is 37.8. The number of hydrogen-bond donors (Lipinski definition) is 1. The average Bonchev–Trinajstić information content (AvgIpc) is 2.89. The Morgan fingerprint density at radius 3 is 1.74 bits per heavy atom. The van der Waals surface area contributed by atoms with E-state index < -0.39 is 16.8 Å². The Labute approximate surface area is 286 Å². The summed E-state index contributed by atoms with van der Waals surface area (Å²) in [7, 11) is 0. The Bertz CT molecular complexity index is 1190. The Morgan fingerprint density at radius 2 is 1.28 bits per heavy atom. The van der Waals surface area contributed by atoms with E-state index in [4.69, 9.17) is 9.47 Å². The molecule has 2 saturated heterocycles. The van der Waals surface area contributed by atoms with Crippen LogP contribution in [0.1, 0.15) is 72.8 Å². The van der Waals surface area contributed by atoms with Gasteiger partial charge in [-0.1, -0.05) is 44.0 Å². The van der Waals surface area contributed by atoms with Crippen LogP contribution in [0, 0.1) is 3.57 Å². The van der Waals surface area contributed by atoms with Gasteiger partial charge in [-0.15, -0.1) is 0 Å². The number of carbonyl (C=O) groups is 3. The van der Waals surface area contributed by atoms with E-state index in [2.05, 4.69) is 66.6 Å². The summed E-state index contributed by atoms with van der Waals surface area (Å²) in [6.07, 6.45) is 1.99. The molecule has 0 aliphatic carbocycles. The van der Waals surface area contributed by atoms with Crippen LogP contribution >= 0.6 is 54.5 Å². The minimum atomic E-state index is -1.00. The summed E-state index contributed by atoms with van der Waals surface area (Å²) in [5.74, 6) is 0.113. The maximum atomic E-state index is 12.2. The number of halogens is 3. The first-order chi connectivity index (χ1) is 19.9. The van der Waals surface area contributed by atoms with Crippen LogP contribution in [0.4, 0.5) is 9.59 Å². The molecule has 2 aliphatic heterocycles. The quantitative estimate of drug-likeness (QED) is 0.291. The zero-order valence-electron chi connectivity index (χ0n) is 25.8. The predicted octanol–water partition coefficient (Wildman–Crippen LogP) is 8.31. The van der Waals surface area contributed by atoms with Crippen molar-refractivity contribution in [1.29, 1.82) is 0 Å². The zero-order chi connectivity index (χ0) is 32.4. The van der Waals surface area contributed by atoms with Gasteiger partial charge in [-0.2, -0.15) is 0 Å². The molecule has 2 heterocycles. The molecule has 8 nitrogen and oxygen atoms in total. The SMILES string of the molecule is Brc1ccc(I)cc1.CC(C)(C)OC(=O)N1CCCC(=O)C1.CC(C)(C)OC(=O)N1CCCC(O)(c2ccc(Br)cc2)C1. The number of ether oxygens (including phenoxy) is 2. The van der Waals surface area contributed by atoms with Crippen molar-refractivity contribution in [3.05, 3.63) is 66.6 Å². The molecule has 2 fully saturated rings. The van der Waals surface area contributed by atoms with Crippen molar-refractivity contribution in [3.63, 3.8) is 0 Å². The molecule has 2 aromatic rings. The van der Waals surface area contributed by atoms with E-state index in [0.29, 0.717) is 25.9 Å². The third-order valence-corrected chi connectivity index (χ3v) is 7.99. The van der Waals surface area contributed by atoms with E-state index in [0.717, 1.165) is 27.4 Å². The van der Waals surface area contributed by atoms with Crippen LogP contribution in [-0.2, 0) is 19.9 Å². The first-order valence-corrected chi connectivity index (χ1v) is 16.9. The van der Waals surface area contributed by atoms with Crippen LogP contribution in [0.15, 0.2) is 57.5 Å². The van der Waals surface area contributed by atoms with Gasteiger partial charge >= 0.3 is 12.2 Å². The lowest BCUT2D eigenvalue weighted by Crippen LogP contribution is -2.49. The standard InChI is InChI=1S/C16H22BrNO3.C10H17NO3.C6H4BrI/c1-15(2,3)21-14(19)18-10-4-9-16(20,11-18)12-5-7-13(17)8-6-12;1-10(2,3)14-9(13)11-6-4-5-8(12)7-11;7-5-1-3-6(8)4-2-5/h5-8,20H,4,9-11H2,1-3H3;4-7H2,1-3H3;1-4H. The van der Waals surface area contributed by atoms with E-state index in [1.807, 2.05) is 77.9 Å². The van der Waals surface area contributed by atoms with Gasteiger partial charge < -0.3 is 24.4 Å². The number of hydrogen-bond acceptors (Lipinski definition) is 6. The molecule has 2 aliphatic rings. The highest BCUT2D eigenvalue weighted by molar-refractivity contribution is 14.1. The zero-order valence-corrected chi connectivity index (χ0v) is 31.1. The van der Waals surface area contributed by atoms with Crippen LogP contribution in [-0.4, -0.2) is 70.3 Å². The van der Waals surface area contributed by atoms with Crippen LogP contribution in [0.25, 0.3) is 0 Å². The fraction of sp³-hybridized carbons (Fsp3) is 0.531. The molecule has 2 amide bonds. The average molecular weight is 838 g/mol. The Hall–Kier alpha value is -1.70. The van der Waals surface area contributed by atoms with E-state index in [1.165, 1.54) is 8.47 Å². The molecule has 0 saturated carbocycles. The van der Waals surface area contributed by atoms with Crippen molar-refractivity contribution in [2.45, 2.75) is 84.0 Å². The summed E-state index contributed by atoms with van der Waals surface area (Å²) >= 11 is 9.01. The van der Waals surface area contributed by atoms with Crippen molar-refractivity contribution >= 4 is 72.4 Å². The second-order valence-electron chi connectivity index (χ2n) is 12.5. The molecule has 1 unspecified atom stereocenters. The summed E-state index contributed by atoms with van der Waals surface area (Å²) in [6, 6.07) is 15.8. The second kappa shape index (κ2) is 16.6. The number of nitrogens with zero attached hydrogens (tertiary/aromatic N) is 2. The minimum Gasteiger partial charge on any atom is -0.444 e. The van der Waals surface area contributed by atoms with Crippen molar-refractivity contribution in [1.82, 2.24) is 9.80 Å². The van der Waals surface area contributed by atoms with Gasteiger partial charge in [0.2, 0.25) is 0 Å². The molecular formula is C32H43Br2IN2O6. The number of benzene rings is 2. The van der Waals surface area contributed by atoms with Gasteiger partial charge in [0.1, 0.15) is 16.8 Å². The number of carbonyl (C=O) groups excluding carboxylic acids is 3. The molecule has 4 rings (SSSR count). The molecule has 0 bridgehead atoms. The van der Waals surface area contributed by atoms with Crippen molar-refractivity contribution < 1.29 is 29.0 Å². The largest absolute Gasteiger partial charge is 0.444 e. The van der Waals surface area contributed by atoms with E-state index in [1.54, 1.807) is 4.90 Å². The molecule has 11 heteroatoms. The molecule has 43 heavy (non-hydrogen) atoms. The van der Waals surface area contributed by atoms with Crippen LogP contribution in [0.2, 0.25) is 0 Å². The highest BCUT2D eigenvalue weighted by Crippen LogP contribution is 2.33. The lowest BCUT2D eigenvalue weighted by Gasteiger charge is -2.40. The van der Waals surface area contributed by atoms with E-state index >= 15 is 0 Å². The van der Waals surface area contributed by atoms with Crippen molar-refractivity contribution in [2.75, 3.05) is 26.2 Å². The normalized spacial score (nSPS) is 18.9. The topological polar surface area (TPSA) is 96.4 Å². The lowest BCUT2D eigenvalue weighted by molar-refractivity contribution is -0.122. The molecule has 1 N–H and O–H groups in total. The van der Waals surface area contributed by atoms with Gasteiger partial charge in [0.15, 0.2) is 5.78 Å². The van der Waals surface area contributed by atoms with E-state index in [-0.39, 0.29) is 31.1 Å². The summed E-state index contributed by atoms with van der Waals surface area (Å²) in [5, 5.41) is 10.9. The smallest absolute Gasteiger partial charge is 0.410 e. The lowest BCUT2D eigenvalue weighted by atomic mass is 9.86. The number of Topliss-reactive ketones (excluding diaryl/α,β-unsaturated/α-hetero) is 1. The third-order valence-electron chi connectivity index (χ3n) is 6.21. The highest BCUT2D eigenvalue weighted by Gasteiger charge is 2.38. The number of piperidine rings is 2. The van der Waals surface area contributed by atoms with Crippen LogP contribution in [0.5, 0.6) is 0 Å². The maximum absolute atomic E-state index is 12.2. The predicted molar refractivity (Wildman–Crippen MR) is 184 cm³/mol. The third kappa shape index (κ3) is 14.3. The second-order valence-corrected chi connectivity index (χ2v) is 15.6. The highest BCUT2D eigenvalue weighted by atomic mass is 127. The minimum absolute atomic E-state index is 0.113. The molecule has 238 valence electrons. The number of β-amino-alcohol motifs (C(OH)–C–C–N with tert-alkyl or cyclic N) is 1. The van der Waals surface area contributed by atoms with Crippen molar-refractivity contribution in [3.8, 4) is 0 Å². The van der Waals surface area contributed by atoms with Gasteiger partial charge in [0, 0.05) is 32.0 Å². The summed E-state index contributed by atoms with van der Waals surface area (Å²) in [5.41, 5.74) is -1.18. The van der Waals surface area contributed by atoms with E-state index in [9.17, 15) is 19.5 Å². The summed E-state index contributed by atoms with van der Waals surface area (Å²) in [6.45, 7) is 12.7. The molecular weight excluding hydrogens is 795 g/mol. The van der Waals surface area contributed by atoms with Crippen molar-refractivity contribution in [2.24, 2.45) is 0 Å². The van der Waals surface area contributed by atoms with Gasteiger partial charge in [-0.25, -0.2) is 9.59 Å². The van der Waals surface area contributed by atoms with Gasteiger partial charge in [-0.3, -0.25) is 4.79 Å². The number of aliphatic hydroxyl groups is 1. The number of likely N-dealkylation sites (tertiary alicyclic amines) is 2. The Morgan fingerprint density at radius 1 is 0.814 bits per heavy atom. The number of amides is 2. The van der Waals surface area contributed by atoms with Gasteiger partial charge in [0.05, 0.1) is 13.1 Å². The van der Waals surface area contributed by atoms with Crippen LogP contribution in [0.3, 0.4) is 0 Å². The first kappa shape index (κ1) is 37.5. The Balaban J connectivity index is 0.000000251. The van der Waals surface area contributed by atoms with Gasteiger partial charge in [0.25, 0.3) is 0 Å². The Kier molecular flexibility index (Phi) is 14.4. The summed E-state index contributed by atoms with van der Waals surface area (Å²) < 4.78 is 13.9. The molecule has 0 radical (unpaired) electrons. The molecule has 0 spiro atoms. The molecule has 0 aromatic heterocycles. The number of ketones is 1. The first-order valence-electron chi connectivity index (χ1n) is 14.2.